The minimum atomic E-state index is -1.63. The Hall–Kier alpha value is -6.90. The van der Waals surface area contributed by atoms with Crippen LogP contribution in [0, 0.1) is 41.4 Å². The zero-order valence-electron chi connectivity index (χ0n) is 63.9. The molecule has 0 spiro atoms. The number of esters is 1. The van der Waals surface area contributed by atoms with E-state index in [0.717, 1.165) is 12.0 Å². The second-order valence-corrected chi connectivity index (χ2v) is 29.4. The summed E-state index contributed by atoms with van der Waals surface area (Å²) < 4.78 is 10.3. The highest BCUT2D eigenvalue weighted by Crippen LogP contribution is 2.25. The third-order valence-electron chi connectivity index (χ3n) is 17.4. The van der Waals surface area contributed by atoms with E-state index in [1.54, 1.807) is 67.5 Å². The summed E-state index contributed by atoms with van der Waals surface area (Å²) in [6.07, 6.45) is 1.39. The molecule has 0 fully saturated rings. The maximum absolute atomic E-state index is 14.9. The number of aliphatic hydroxyl groups is 2. The van der Waals surface area contributed by atoms with Crippen molar-refractivity contribution >= 4 is 71.1 Å². The van der Waals surface area contributed by atoms with Crippen molar-refractivity contribution < 1.29 is 77.2 Å². The number of hydrogen-bond acceptors (Lipinski definition) is 16. The van der Waals surface area contributed by atoms with Gasteiger partial charge in [0.05, 0.1) is 19.3 Å². The van der Waals surface area contributed by atoms with Gasteiger partial charge in [0.15, 0.2) is 6.04 Å². The van der Waals surface area contributed by atoms with Gasteiger partial charge in [-0.3, -0.25) is 52.8 Å². The van der Waals surface area contributed by atoms with Crippen LogP contribution in [0.3, 0.4) is 0 Å². The molecule has 0 aromatic rings. The van der Waals surface area contributed by atoms with E-state index in [0.29, 0.717) is 12.8 Å². The zero-order chi connectivity index (χ0) is 75.8. The van der Waals surface area contributed by atoms with Gasteiger partial charge in [0, 0.05) is 42.3 Å². The van der Waals surface area contributed by atoms with Gasteiger partial charge in [-0.1, -0.05) is 116 Å². The monoisotopic (exact) mass is 1380 g/mol. The number of nitrogens with one attached hydrogen (secondary N) is 5. The molecule has 15 atom stereocenters. The molecule has 558 valence electrons. The Morgan fingerprint density at radius 3 is 1.27 bits per heavy atom. The van der Waals surface area contributed by atoms with E-state index in [2.05, 4.69) is 26.6 Å². The third-order valence-corrected chi connectivity index (χ3v) is 17.4. The Morgan fingerprint density at radius 1 is 0.443 bits per heavy atom. The molecule has 0 aliphatic heterocycles. The Balaban J connectivity index is 6.96. The lowest BCUT2D eigenvalue weighted by Gasteiger charge is -2.40. The summed E-state index contributed by atoms with van der Waals surface area (Å²) in [6, 6.07) is -13.8. The normalized spacial score (nSPS) is 16.5. The first-order valence-electron chi connectivity index (χ1n) is 34.5. The summed E-state index contributed by atoms with van der Waals surface area (Å²) in [7, 11) is 9.54. The Kier molecular flexibility index (Phi) is 38.5. The van der Waals surface area contributed by atoms with Gasteiger partial charge < -0.3 is 70.8 Å². The van der Waals surface area contributed by atoms with Crippen LogP contribution in [0.25, 0.3) is 0 Å². The number of hydrogen-bond donors (Lipinski definition) is 7. The molecule has 11 amide bonds. The van der Waals surface area contributed by atoms with E-state index >= 15 is 0 Å². The molecule has 97 heavy (non-hydrogen) atoms. The molecular formula is C70H127N11O16. The predicted octanol–water partition coefficient (Wildman–Crippen LogP) is 4.63. The van der Waals surface area contributed by atoms with Crippen LogP contribution in [0.5, 0.6) is 0 Å². The van der Waals surface area contributed by atoms with Crippen molar-refractivity contribution in [3.8, 4) is 0 Å². The minimum absolute atomic E-state index is 0.0853. The maximum atomic E-state index is 14.9. The van der Waals surface area contributed by atoms with Gasteiger partial charge >= 0.3 is 12.1 Å². The van der Waals surface area contributed by atoms with Crippen molar-refractivity contribution in [1.82, 2.24) is 56.0 Å². The molecule has 0 aliphatic rings. The largest absolute Gasteiger partial charge is 0.467 e. The van der Waals surface area contributed by atoms with Crippen LogP contribution < -0.4 is 26.6 Å². The molecule has 0 aliphatic carbocycles. The van der Waals surface area contributed by atoms with Crippen LogP contribution in [0.4, 0.5) is 4.79 Å². The van der Waals surface area contributed by atoms with Crippen LogP contribution in [0.2, 0.25) is 0 Å². The molecule has 2 unspecified atom stereocenters. The standard InChI is InChI=1S/C70H127N11O16/c1-29-32-33-44(15)57(83)56(62(88)75-53(47(18)82)68(94)96-28)81(27)67(93)54(42(12)13)79(25)65(91)49(35-39(6)7)73-60(86)52(37-41(10)11)76(22)63(89)46(17)72-58(84)45(16)71-59(85)51(36-40(8)9)77(23)64(90)48(34-38(4)5)74-61(87)55(43(14)30-2)80(26)66(92)50(31-3)78(24)69(95)97-70(19,20)21/h29,32,38-57,82-83H,30-31,33-37H2,1-28H3,(H,71,85)(H,72,84)(H,73,86)(H,74,87)(H,75,88)/b32-29+/t43?,44-,45+,46-,47?,48+,49+,50-,51+,52+,53+,54+,55+,56+,57-/m1/s1. The lowest BCUT2D eigenvalue weighted by molar-refractivity contribution is -0.156. The van der Waals surface area contributed by atoms with E-state index in [-0.39, 0.29) is 55.8 Å². The van der Waals surface area contributed by atoms with E-state index in [1.807, 2.05) is 69.2 Å². The summed E-state index contributed by atoms with van der Waals surface area (Å²) in [6.45, 7) is 36.3. The van der Waals surface area contributed by atoms with Gasteiger partial charge in [-0.25, -0.2) is 9.59 Å². The Morgan fingerprint density at radius 2 is 0.856 bits per heavy atom. The molecular weight excluding hydrogens is 1250 g/mol. The van der Waals surface area contributed by atoms with Gasteiger partial charge in [-0.05, 0) is 128 Å². The van der Waals surface area contributed by atoms with Crippen LogP contribution in [-0.4, -0.2) is 244 Å². The van der Waals surface area contributed by atoms with Gasteiger partial charge in [-0.15, -0.1) is 0 Å². The summed E-state index contributed by atoms with van der Waals surface area (Å²) in [5, 5.41) is 35.7. The molecule has 27 nitrogen and oxygen atoms in total. The molecule has 0 saturated heterocycles. The minimum Gasteiger partial charge on any atom is -0.467 e. The quantitative estimate of drug-likeness (QED) is 0.0326. The number of carbonyl (C=O) groups is 12. The lowest BCUT2D eigenvalue weighted by Crippen LogP contribution is -2.63. The van der Waals surface area contributed by atoms with Gasteiger partial charge in [-0.2, -0.15) is 0 Å². The maximum Gasteiger partial charge on any atom is 0.410 e. The highest BCUT2D eigenvalue weighted by Gasteiger charge is 2.45. The predicted molar refractivity (Wildman–Crippen MR) is 372 cm³/mol. The van der Waals surface area contributed by atoms with E-state index < -0.39 is 173 Å². The second-order valence-electron chi connectivity index (χ2n) is 29.4. The van der Waals surface area contributed by atoms with Crippen LogP contribution in [0.15, 0.2) is 12.2 Å². The average Bonchev–Trinajstić information content (AvgIpc) is 0.982. The number of nitrogens with zero attached hydrogens (tertiary/aromatic N) is 6. The number of methoxy groups -OCH3 is 1. The topological polar surface area (TPSA) is 343 Å². The zero-order valence-corrected chi connectivity index (χ0v) is 63.9. The van der Waals surface area contributed by atoms with Crippen molar-refractivity contribution in [3.63, 3.8) is 0 Å². The molecule has 0 heterocycles. The molecule has 0 aromatic carbocycles. The first-order valence-corrected chi connectivity index (χ1v) is 34.5. The number of aliphatic hydroxyl groups excluding tert-OH is 2. The number of rotatable bonds is 39. The molecule has 0 bridgehead atoms. The van der Waals surface area contributed by atoms with Crippen molar-refractivity contribution in [3.05, 3.63) is 12.2 Å². The summed E-state index contributed by atoms with van der Waals surface area (Å²) >= 11 is 0. The second kappa shape index (κ2) is 41.5. The molecule has 7 N–H and O–H groups in total. The van der Waals surface area contributed by atoms with Crippen LogP contribution in [-0.2, 0) is 62.2 Å². The van der Waals surface area contributed by atoms with Crippen molar-refractivity contribution in [2.24, 2.45) is 41.4 Å². The van der Waals surface area contributed by atoms with Crippen molar-refractivity contribution in [2.45, 2.75) is 275 Å². The highest BCUT2D eigenvalue weighted by atomic mass is 16.6. The highest BCUT2D eigenvalue weighted by molar-refractivity contribution is 5.99. The fraction of sp³-hybridized carbons (Fsp3) is 0.800. The number of ether oxygens (including phenoxy) is 2. The summed E-state index contributed by atoms with van der Waals surface area (Å²) in [4.78, 5) is 178. The molecule has 27 heteroatoms. The number of carbonyl (C=O) groups excluding carboxylic acids is 12. The SMILES string of the molecule is C/C=C/C[C@@H](C)[C@@H](O)[C@@H](C(=O)N[C@H](C(=O)OC)C(C)O)N(C)C(=O)[C@H](C(C)C)N(C)C(=O)[C@H](CC(C)C)NC(=O)[C@H](CC(C)C)N(C)C(=O)[C@@H](C)NC(=O)[C@H](C)NC(=O)[C@H](CC(C)C)N(C)C(=O)[C@H](CC(C)C)NC(=O)[C@H](C(C)CC)N(C)C(=O)[C@@H](CC)N(C)C(=O)OC(C)(C)C. The third kappa shape index (κ3) is 27.7. The Bertz CT molecular complexity index is 2640. The van der Waals surface area contributed by atoms with Crippen molar-refractivity contribution in [2.75, 3.05) is 49.4 Å². The van der Waals surface area contributed by atoms with Crippen molar-refractivity contribution in [1.29, 1.82) is 0 Å². The smallest absolute Gasteiger partial charge is 0.410 e. The fourth-order valence-electron chi connectivity index (χ4n) is 11.5. The van der Waals surface area contributed by atoms with Gasteiger partial charge in [0.1, 0.15) is 66.0 Å². The summed E-state index contributed by atoms with van der Waals surface area (Å²) in [5.41, 5.74) is -0.826. The number of allylic oxidation sites excluding steroid dienone is 2. The average molecular weight is 1380 g/mol. The molecule has 0 aromatic heterocycles. The Labute approximate surface area is 579 Å². The molecule has 0 rings (SSSR count). The van der Waals surface area contributed by atoms with Crippen LogP contribution >= 0.6 is 0 Å². The van der Waals surface area contributed by atoms with Gasteiger partial charge in [0.2, 0.25) is 59.1 Å². The fourth-order valence-corrected chi connectivity index (χ4v) is 11.5. The first kappa shape index (κ1) is 90.1. The van der Waals surface area contributed by atoms with E-state index in [4.69, 9.17) is 9.47 Å². The summed E-state index contributed by atoms with van der Waals surface area (Å²) in [5.74, 6) is -10.2. The number of likely N-dealkylation sites (N-methyl/N-ethyl adjacent to an activating group) is 6. The van der Waals surface area contributed by atoms with E-state index in [9.17, 15) is 67.7 Å². The lowest BCUT2D eigenvalue weighted by atomic mass is 9.91. The first-order chi connectivity index (χ1) is 44.6. The molecule has 0 radical (unpaired) electrons. The van der Waals surface area contributed by atoms with Gasteiger partial charge in [0.25, 0.3) is 0 Å². The number of amides is 11. The van der Waals surface area contributed by atoms with E-state index in [1.165, 1.54) is 87.6 Å². The van der Waals surface area contributed by atoms with Crippen LogP contribution in [0.1, 0.15) is 190 Å². The molecule has 0 saturated carbocycles.